The molecule has 2 atom stereocenters. The van der Waals surface area contributed by atoms with Crippen LogP contribution in [0.4, 0.5) is 5.82 Å². The van der Waals surface area contributed by atoms with Crippen LogP contribution in [0.15, 0.2) is 23.2 Å². The molecule has 1 aliphatic rings. The van der Waals surface area contributed by atoms with Gasteiger partial charge in [-0.15, -0.1) is 24.0 Å². The monoisotopic (exact) mass is 474 g/mol. The fourth-order valence-corrected chi connectivity index (χ4v) is 3.07. The Kier molecular flexibility index (Phi) is 9.63. The quantitative estimate of drug-likeness (QED) is 0.377. The maximum Gasteiger partial charge on any atom is 0.191 e. The summed E-state index contributed by atoms with van der Waals surface area (Å²) in [5, 5.41) is 6.98. The lowest BCUT2D eigenvalue weighted by molar-refractivity contribution is 0.265. The second-order valence-corrected chi connectivity index (χ2v) is 7.35. The molecule has 0 spiro atoms. The number of likely N-dealkylation sites (tertiary alicyclic amines) is 1. The smallest absolute Gasteiger partial charge is 0.191 e. The predicted octanol–water partition coefficient (Wildman–Crippen LogP) is 2.55. The van der Waals surface area contributed by atoms with E-state index >= 15 is 0 Å². The Labute approximate surface area is 175 Å². The highest BCUT2D eigenvalue weighted by atomic mass is 127. The van der Waals surface area contributed by atoms with Gasteiger partial charge in [-0.1, -0.05) is 13.0 Å². The minimum atomic E-state index is 0. The minimum Gasteiger partial charge on any atom is -0.363 e. The number of aromatic nitrogens is 1. The molecular formula is C19H35IN6. The zero-order chi connectivity index (χ0) is 18.4. The number of hydrogen-bond donors (Lipinski definition) is 2. The molecule has 0 radical (unpaired) electrons. The maximum atomic E-state index is 4.75. The van der Waals surface area contributed by atoms with Gasteiger partial charge in [0.15, 0.2) is 5.96 Å². The first kappa shape index (κ1) is 23.0. The lowest BCUT2D eigenvalue weighted by Gasteiger charge is -2.22. The summed E-state index contributed by atoms with van der Waals surface area (Å²) in [6, 6.07) is 7.09. The Morgan fingerprint density at radius 3 is 2.65 bits per heavy atom. The van der Waals surface area contributed by atoms with Gasteiger partial charge in [-0.05, 0) is 38.8 Å². The number of halogens is 1. The predicted molar refractivity (Wildman–Crippen MR) is 122 cm³/mol. The van der Waals surface area contributed by atoms with E-state index < -0.39 is 0 Å². The van der Waals surface area contributed by atoms with Crippen molar-refractivity contribution in [3.8, 4) is 0 Å². The number of nitrogens with one attached hydrogen (secondary N) is 2. The van der Waals surface area contributed by atoms with Crippen LogP contribution < -0.4 is 15.5 Å². The summed E-state index contributed by atoms with van der Waals surface area (Å²) >= 11 is 0. The Bertz CT molecular complexity index is 575. The van der Waals surface area contributed by atoms with Crippen molar-refractivity contribution in [2.24, 2.45) is 10.9 Å². The Balaban J connectivity index is 0.00000338. The summed E-state index contributed by atoms with van der Waals surface area (Å²) in [5.74, 6) is 2.45. The molecule has 1 fully saturated rings. The molecule has 2 N–H and O–H groups in total. The van der Waals surface area contributed by atoms with E-state index in [0.29, 0.717) is 24.5 Å². The van der Waals surface area contributed by atoms with E-state index in [1.54, 1.807) is 0 Å². The van der Waals surface area contributed by atoms with Gasteiger partial charge in [0.2, 0.25) is 0 Å². The third-order valence-electron chi connectivity index (χ3n) is 4.69. The number of hydrogen-bond acceptors (Lipinski definition) is 4. The van der Waals surface area contributed by atoms with E-state index in [-0.39, 0.29) is 24.0 Å². The molecule has 0 amide bonds. The first-order valence-corrected chi connectivity index (χ1v) is 9.32. The van der Waals surface area contributed by atoms with Gasteiger partial charge < -0.3 is 15.5 Å². The molecule has 1 aromatic heterocycles. The van der Waals surface area contributed by atoms with Gasteiger partial charge in [0, 0.05) is 45.8 Å². The van der Waals surface area contributed by atoms with Crippen LogP contribution in [0.2, 0.25) is 0 Å². The van der Waals surface area contributed by atoms with Gasteiger partial charge in [-0.2, -0.15) is 0 Å². The normalized spacial score (nSPS) is 20.8. The van der Waals surface area contributed by atoms with Gasteiger partial charge in [-0.3, -0.25) is 4.90 Å². The molecule has 7 heteroatoms. The summed E-state index contributed by atoms with van der Waals surface area (Å²) < 4.78 is 0. The first-order chi connectivity index (χ1) is 11.9. The van der Waals surface area contributed by atoms with E-state index in [4.69, 9.17) is 4.99 Å². The van der Waals surface area contributed by atoms with Crippen LogP contribution in [0.3, 0.4) is 0 Å². The first-order valence-electron chi connectivity index (χ1n) is 9.32. The summed E-state index contributed by atoms with van der Waals surface area (Å²) in [6.45, 7) is 12.6. The number of guanidine groups is 1. The second-order valence-electron chi connectivity index (χ2n) is 7.35. The molecule has 2 rings (SSSR count). The highest BCUT2D eigenvalue weighted by Crippen LogP contribution is 2.18. The second kappa shape index (κ2) is 10.9. The van der Waals surface area contributed by atoms with Crippen LogP contribution in [-0.2, 0) is 6.54 Å². The number of aliphatic imine (C=N–C) groups is 1. The van der Waals surface area contributed by atoms with Crippen molar-refractivity contribution in [1.82, 2.24) is 20.5 Å². The van der Waals surface area contributed by atoms with E-state index in [2.05, 4.69) is 48.2 Å². The number of nitrogens with zero attached hydrogens (tertiary/aromatic N) is 4. The molecule has 0 aliphatic carbocycles. The largest absolute Gasteiger partial charge is 0.363 e. The van der Waals surface area contributed by atoms with E-state index in [9.17, 15) is 0 Å². The summed E-state index contributed by atoms with van der Waals surface area (Å²) in [5.41, 5.74) is 0.978. The third-order valence-corrected chi connectivity index (χ3v) is 4.69. The van der Waals surface area contributed by atoms with Crippen molar-refractivity contribution in [3.63, 3.8) is 0 Å². The van der Waals surface area contributed by atoms with Crippen molar-refractivity contribution < 1.29 is 0 Å². The van der Waals surface area contributed by atoms with E-state index in [1.807, 2.05) is 37.2 Å². The van der Waals surface area contributed by atoms with Gasteiger partial charge in [0.05, 0.1) is 12.2 Å². The van der Waals surface area contributed by atoms with Crippen molar-refractivity contribution >= 4 is 35.8 Å². The average Bonchev–Trinajstić information content (AvgIpc) is 2.94. The molecule has 2 heterocycles. The Hall–Kier alpha value is -1.09. The Morgan fingerprint density at radius 1 is 1.35 bits per heavy atom. The molecular weight excluding hydrogens is 439 g/mol. The standard InChI is InChI=1S/C19H34N6.HI/c1-7-20-19(23-17-13-25(14(2)3)12-15(17)4)21-11-16-9-8-10-18(22-16)24(5)6;/h8-10,14-15,17H,7,11-13H2,1-6H3,(H2,20,21,23);1H. The van der Waals surface area contributed by atoms with E-state index in [0.717, 1.165) is 37.1 Å². The van der Waals surface area contributed by atoms with Gasteiger partial charge in [0.1, 0.15) is 5.82 Å². The number of rotatable bonds is 6. The van der Waals surface area contributed by atoms with Gasteiger partial charge in [0.25, 0.3) is 0 Å². The fraction of sp³-hybridized carbons (Fsp3) is 0.684. The lowest BCUT2D eigenvalue weighted by atomic mass is 10.1. The topological polar surface area (TPSA) is 55.8 Å². The van der Waals surface area contributed by atoms with Gasteiger partial charge in [-0.25, -0.2) is 9.98 Å². The number of anilines is 1. The Morgan fingerprint density at radius 2 is 2.08 bits per heavy atom. The van der Waals surface area contributed by atoms with Crippen molar-refractivity contribution in [1.29, 1.82) is 0 Å². The van der Waals surface area contributed by atoms with Crippen molar-refractivity contribution in [3.05, 3.63) is 23.9 Å². The molecule has 26 heavy (non-hydrogen) atoms. The zero-order valence-electron chi connectivity index (χ0n) is 17.0. The van der Waals surface area contributed by atoms with Crippen LogP contribution in [0, 0.1) is 5.92 Å². The van der Waals surface area contributed by atoms with Crippen LogP contribution >= 0.6 is 24.0 Å². The zero-order valence-corrected chi connectivity index (χ0v) is 19.3. The fourth-order valence-electron chi connectivity index (χ4n) is 3.07. The average molecular weight is 474 g/mol. The molecule has 0 bridgehead atoms. The molecule has 1 saturated heterocycles. The van der Waals surface area contributed by atoms with Gasteiger partial charge >= 0.3 is 0 Å². The summed E-state index contributed by atoms with van der Waals surface area (Å²) in [6.07, 6.45) is 0. The summed E-state index contributed by atoms with van der Waals surface area (Å²) in [7, 11) is 4.01. The SMILES string of the molecule is CCNC(=NCc1cccc(N(C)C)n1)NC1CN(C(C)C)CC1C.I. The molecule has 148 valence electrons. The molecule has 1 aromatic rings. The van der Waals surface area contributed by atoms with Crippen molar-refractivity contribution in [2.75, 3.05) is 38.6 Å². The third kappa shape index (κ3) is 6.57. The number of pyridine rings is 1. The van der Waals surface area contributed by atoms with Crippen LogP contribution in [0.5, 0.6) is 0 Å². The summed E-state index contributed by atoms with van der Waals surface area (Å²) in [4.78, 5) is 13.9. The minimum absolute atomic E-state index is 0. The molecule has 6 nitrogen and oxygen atoms in total. The molecule has 1 aliphatic heterocycles. The maximum absolute atomic E-state index is 4.75. The van der Waals surface area contributed by atoms with Crippen LogP contribution in [-0.4, -0.2) is 61.7 Å². The van der Waals surface area contributed by atoms with Crippen LogP contribution in [0.1, 0.15) is 33.4 Å². The van der Waals surface area contributed by atoms with Crippen molar-refractivity contribution in [2.45, 2.75) is 46.3 Å². The molecule has 0 saturated carbocycles. The van der Waals surface area contributed by atoms with Crippen LogP contribution in [0.25, 0.3) is 0 Å². The van der Waals surface area contributed by atoms with E-state index in [1.165, 1.54) is 0 Å². The lowest BCUT2D eigenvalue weighted by Crippen LogP contribution is -2.46. The highest BCUT2D eigenvalue weighted by molar-refractivity contribution is 14.0. The highest BCUT2D eigenvalue weighted by Gasteiger charge is 2.31. The molecule has 2 unspecified atom stereocenters. The molecule has 0 aromatic carbocycles.